The summed E-state index contributed by atoms with van der Waals surface area (Å²) in [4.78, 5) is 25.7. The molecule has 1 fully saturated rings. The Morgan fingerprint density at radius 3 is 2.97 bits per heavy atom. The fourth-order valence-corrected chi connectivity index (χ4v) is 4.84. The van der Waals surface area contributed by atoms with Crippen LogP contribution in [-0.4, -0.2) is 41.6 Å². The van der Waals surface area contributed by atoms with E-state index >= 15 is 0 Å². The lowest BCUT2D eigenvalue weighted by atomic mass is 9.96. The molecule has 32 heavy (non-hydrogen) atoms. The summed E-state index contributed by atoms with van der Waals surface area (Å²) >= 11 is 0. The molecule has 1 unspecified atom stereocenters. The first-order valence-corrected chi connectivity index (χ1v) is 10.8. The molecule has 0 aromatic heterocycles. The molecule has 3 N–H and O–H groups in total. The molecular formula is C24H24FN3O4. The van der Waals surface area contributed by atoms with Crippen molar-refractivity contribution in [1.82, 2.24) is 10.2 Å². The Bertz CT molecular complexity index is 1130. The van der Waals surface area contributed by atoms with E-state index in [4.69, 9.17) is 9.84 Å². The van der Waals surface area contributed by atoms with Gasteiger partial charge in [0.1, 0.15) is 18.2 Å². The molecule has 2 amide bonds. The molecule has 3 aliphatic rings. The van der Waals surface area contributed by atoms with Gasteiger partial charge < -0.3 is 20.5 Å². The monoisotopic (exact) mass is 437 g/mol. The number of nitrogens with one attached hydrogen (secondary N) is 2. The maximum Gasteiger partial charge on any atom is 0.404 e. The molecule has 0 bridgehead atoms. The molecule has 0 radical (unpaired) electrons. The van der Waals surface area contributed by atoms with Crippen LogP contribution in [0.1, 0.15) is 35.1 Å². The molecule has 1 atom stereocenters. The van der Waals surface area contributed by atoms with E-state index in [0.717, 1.165) is 49.2 Å². The maximum absolute atomic E-state index is 13.8. The average Bonchev–Trinajstić information content (AvgIpc) is 3.31. The molecule has 166 valence electrons. The molecular weight excluding hydrogens is 413 g/mol. The van der Waals surface area contributed by atoms with Crippen LogP contribution in [0.5, 0.6) is 0 Å². The highest BCUT2D eigenvalue weighted by molar-refractivity contribution is 6.36. The third-order valence-electron chi connectivity index (χ3n) is 6.29. The predicted octanol–water partition coefficient (Wildman–Crippen LogP) is 3.66. The summed E-state index contributed by atoms with van der Waals surface area (Å²) in [6.45, 7) is 3.45. The van der Waals surface area contributed by atoms with Crippen molar-refractivity contribution in [3.05, 3.63) is 64.5 Å². The lowest BCUT2D eigenvalue weighted by Gasteiger charge is -2.32. The summed E-state index contributed by atoms with van der Waals surface area (Å²) in [5.74, 6) is 0.124. The molecule has 7 nitrogen and oxygen atoms in total. The van der Waals surface area contributed by atoms with E-state index in [1.807, 2.05) is 12.1 Å². The second-order valence-electron chi connectivity index (χ2n) is 8.56. The largest absolute Gasteiger partial charge is 0.487 e. The van der Waals surface area contributed by atoms with E-state index < -0.39 is 11.9 Å². The van der Waals surface area contributed by atoms with Crippen molar-refractivity contribution in [1.29, 1.82) is 0 Å². The van der Waals surface area contributed by atoms with Crippen LogP contribution in [0.3, 0.4) is 0 Å². The van der Waals surface area contributed by atoms with Gasteiger partial charge in [-0.3, -0.25) is 9.69 Å². The van der Waals surface area contributed by atoms with E-state index in [0.29, 0.717) is 41.7 Å². The van der Waals surface area contributed by atoms with Gasteiger partial charge in [0.05, 0.1) is 5.57 Å². The minimum atomic E-state index is -0.980. The van der Waals surface area contributed by atoms with E-state index in [9.17, 15) is 14.0 Å². The summed E-state index contributed by atoms with van der Waals surface area (Å²) in [5, 5.41) is 14.1. The van der Waals surface area contributed by atoms with Crippen LogP contribution in [0.2, 0.25) is 0 Å². The van der Waals surface area contributed by atoms with Crippen LogP contribution in [0.25, 0.3) is 11.3 Å². The van der Waals surface area contributed by atoms with Gasteiger partial charge in [-0.05, 0) is 49.1 Å². The van der Waals surface area contributed by atoms with E-state index in [1.165, 1.54) is 12.1 Å². The number of hydrogen-bond acceptors (Lipinski definition) is 4. The van der Waals surface area contributed by atoms with Crippen molar-refractivity contribution >= 4 is 29.0 Å². The van der Waals surface area contributed by atoms with E-state index in [-0.39, 0.29) is 5.91 Å². The number of carbonyl (C=O) groups excluding carboxylic acids is 1. The van der Waals surface area contributed by atoms with Gasteiger partial charge in [0.2, 0.25) is 0 Å². The SMILES string of the molecule is O=C(O)NCC1CCCN(Cc2ccc3c(c2)COC3=C2C(=O)Nc3ccc(F)cc32)C1. The van der Waals surface area contributed by atoms with Gasteiger partial charge in [0.25, 0.3) is 5.91 Å². The number of benzene rings is 2. The molecule has 3 aliphatic heterocycles. The van der Waals surface area contributed by atoms with Gasteiger partial charge >= 0.3 is 6.09 Å². The Kier molecular flexibility index (Phi) is 5.30. The van der Waals surface area contributed by atoms with Crippen LogP contribution in [0.4, 0.5) is 14.9 Å². The number of hydrogen-bond donors (Lipinski definition) is 3. The molecule has 8 heteroatoms. The molecule has 0 spiro atoms. The number of piperidine rings is 1. The highest BCUT2D eigenvalue weighted by Crippen LogP contribution is 2.42. The second kappa shape index (κ2) is 8.27. The summed E-state index contributed by atoms with van der Waals surface area (Å²) in [5.41, 5.74) is 4.49. The highest BCUT2D eigenvalue weighted by atomic mass is 19.1. The minimum Gasteiger partial charge on any atom is -0.487 e. The number of ether oxygens (including phenoxy) is 1. The smallest absolute Gasteiger partial charge is 0.404 e. The zero-order valence-electron chi connectivity index (χ0n) is 17.5. The number of fused-ring (bicyclic) bond motifs is 2. The molecule has 0 aliphatic carbocycles. The molecule has 2 aromatic carbocycles. The molecule has 5 rings (SSSR count). The number of nitrogens with zero attached hydrogens (tertiary/aromatic N) is 1. The Morgan fingerprint density at radius 2 is 2.12 bits per heavy atom. The zero-order valence-corrected chi connectivity index (χ0v) is 17.5. The fraction of sp³-hybridized carbons (Fsp3) is 0.333. The van der Waals surface area contributed by atoms with Gasteiger partial charge in [-0.1, -0.05) is 18.2 Å². The first-order chi connectivity index (χ1) is 15.5. The first-order valence-electron chi connectivity index (χ1n) is 10.8. The number of carboxylic acid groups (broad SMARTS) is 1. The predicted molar refractivity (Wildman–Crippen MR) is 117 cm³/mol. The first kappa shape index (κ1) is 20.5. The van der Waals surface area contributed by atoms with Gasteiger partial charge in [-0.15, -0.1) is 0 Å². The number of rotatable bonds is 4. The normalized spacial score (nSPS) is 22.2. The molecule has 3 heterocycles. The summed E-state index contributed by atoms with van der Waals surface area (Å²) in [6, 6.07) is 10.3. The minimum absolute atomic E-state index is 0.285. The molecule has 0 saturated carbocycles. The third kappa shape index (κ3) is 3.93. The lowest BCUT2D eigenvalue weighted by molar-refractivity contribution is -0.110. The van der Waals surface area contributed by atoms with Gasteiger partial charge in [-0.2, -0.15) is 0 Å². The zero-order chi connectivity index (χ0) is 22.2. The fourth-order valence-electron chi connectivity index (χ4n) is 4.84. The Balaban J connectivity index is 1.35. The second-order valence-corrected chi connectivity index (χ2v) is 8.56. The highest BCUT2D eigenvalue weighted by Gasteiger charge is 2.33. The number of carbonyl (C=O) groups is 2. The van der Waals surface area contributed by atoms with Gasteiger partial charge in [0.15, 0.2) is 0 Å². The lowest BCUT2D eigenvalue weighted by Crippen LogP contribution is -2.40. The van der Waals surface area contributed by atoms with Crippen LogP contribution in [-0.2, 0) is 22.7 Å². The Hall–Kier alpha value is -3.39. The summed E-state index contributed by atoms with van der Waals surface area (Å²) in [6.07, 6.45) is 1.09. The van der Waals surface area contributed by atoms with Gasteiger partial charge in [-0.25, -0.2) is 9.18 Å². The van der Waals surface area contributed by atoms with Crippen molar-refractivity contribution in [2.24, 2.45) is 5.92 Å². The maximum atomic E-state index is 13.8. The van der Waals surface area contributed by atoms with Crippen molar-refractivity contribution in [3.63, 3.8) is 0 Å². The van der Waals surface area contributed by atoms with Crippen molar-refractivity contribution in [2.75, 3.05) is 25.0 Å². The third-order valence-corrected chi connectivity index (χ3v) is 6.29. The van der Waals surface area contributed by atoms with E-state index in [1.54, 1.807) is 6.07 Å². The molecule has 1 saturated heterocycles. The van der Waals surface area contributed by atoms with Crippen molar-refractivity contribution in [2.45, 2.75) is 26.0 Å². The average molecular weight is 437 g/mol. The quantitative estimate of drug-likeness (QED) is 0.635. The van der Waals surface area contributed by atoms with Crippen LogP contribution >= 0.6 is 0 Å². The molecule has 2 aromatic rings. The van der Waals surface area contributed by atoms with Crippen molar-refractivity contribution < 1.29 is 23.8 Å². The van der Waals surface area contributed by atoms with Crippen LogP contribution in [0.15, 0.2) is 36.4 Å². The van der Waals surface area contributed by atoms with Crippen LogP contribution in [0, 0.1) is 11.7 Å². The summed E-state index contributed by atoms with van der Waals surface area (Å²) in [7, 11) is 0. The Morgan fingerprint density at radius 1 is 1.25 bits per heavy atom. The topological polar surface area (TPSA) is 90.9 Å². The summed E-state index contributed by atoms with van der Waals surface area (Å²) < 4.78 is 19.7. The number of anilines is 1. The standard InChI is InChI=1S/C24H24FN3O4/c25-17-4-6-20-19(9-17)21(23(29)27-20)22-18-5-3-14(8-16(18)13-32-22)11-28-7-1-2-15(12-28)10-26-24(30)31/h3-6,8-9,15,26H,1-2,7,10-13H2,(H,27,29)(H,30,31). The van der Waals surface area contributed by atoms with Gasteiger partial charge in [0, 0.05) is 42.0 Å². The van der Waals surface area contributed by atoms with Crippen LogP contribution < -0.4 is 10.6 Å². The number of likely N-dealkylation sites (tertiary alicyclic amines) is 1. The van der Waals surface area contributed by atoms with E-state index in [2.05, 4.69) is 21.6 Å². The number of amides is 2. The Labute approximate surface area is 184 Å². The number of halogens is 1. The van der Waals surface area contributed by atoms with Crippen molar-refractivity contribution in [3.8, 4) is 0 Å².